The molecule has 3 rings (SSSR count). The third-order valence-corrected chi connectivity index (χ3v) is 4.41. The molecule has 1 aromatic heterocycles. The highest BCUT2D eigenvalue weighted by Gasteiger charge is 2.11. The van der Waals surface area contributed by atoms with Gasteiger partial charge < -0.3 is 10.1 Å². The van der Waals surface area contributed by atoms with E-state index in [0.29, 0.717) is 12.2 Å². The first-order chi connectivity index (χ1) is 12.6. The van der Waals surface area contributed by atoms with Crippen molar-refractivity contribution in [2.45, 2.75) is 26.9 Å². The van der Waals surface area contributed by atoms with Crippen LogP contribution in [0.3, 0.4) is 0 Å². The number of aryl methyl sites for hydroxylation is 2. The number of nitrogens with one attached hydrogen (secondary N) is 1. The zero-order valence-corrected chi connectivity index (χ0v) is 15.3. The van der Waals surface area contributed by atoms with Crippen molar-refractivity contribution in [3.8, 4) is 5.75 Å². The summed E-state index contributed by atoms with van der Waals surface area (Å²) in [5.41, 5.74) is 4.45. The molecule has 0 aliphatic rings. The van der Waals surface area contributed by atoms with Crippen LogP contribution in [0.25, 0.3) is 0 Å². The van der Waals surface area contributed by atoms with E-state index in [9.17, 15) is 4.79 Å². The molecule has 26 heavy (non-hydrogen) atoms. The molecule has 0 saturated carbocycles. The third-order valence-electron chi connectivity index (χ3n) is 4.41. The van der Waals surface area contributed by atoms with Gasteiger partial charge in [0.1, 0.15) is 12.4 Å². The molecule has 0 fully saturated rings. The molecule has 3 aromatic rings. The van der Waals surface area contributed by atoms with Crippen molar-refractivity contribution in [2.75, 3.05) is 5.32 Å². The summed E-state index contributed by atoms with van der Waals surface area (Å²) in [5, 5.41) is 7.04. The highest BCUT2D eigenvalue weighted by molar-refractivity contribution is 6.04. The van der Waals surface area contributed by atoms with E-state index in [1.54, 1.807) is 16.9 Å². The second kappa shape index (κ2) is 7.87. The quantitative estimate of drug-likeness (QED) is 0.728. The van der Waals surface area contributed by atoms with Crippen molar-refractivity contribution in [1.82, 2.24) is 9.78 Å². The lowest BCUT2D eigenvalue weighted by Gasteiger charge is -2.09. The Morgan fingerprint density at radius 2 is 1.92 bits per heavy atom. The molecule has 1 amide bonds. The Bertz CT molecular complexity index is 898. The van der Waals surface area contributed by atoms with Gasteiger partial charge in [-0.05, 0) is 48.7 Å². The number of ether oxygens (including phenoxy) is 1. The van der Waals surface area contributed by atoms with Gasteiger partial charge in [0.25, 0.3) is 5.91 Å². The van der Waals surface area contributed by atoms with Crippen molar-refractivity contribution in [1.29, 1.82) is 0 Å². The minimum absolute atomic E-state index is 0.157. The van der Waals surface area contributed by atoms with Crippen LogP contribution in [0.5, 0.6) is 5.75 Å². The Kier molecular flexibility index (Phi) is 5.37. The second-order valence-electron chi connectivity index (χ2n) is 6.21. The minimum Gasteiger partial charge on any atom is -0.489 e. The second-order valence-corrected chi connectivity index (χ2v) is 6.21. The van der Waals surface area contributed by atoms with E-state index in [-0.39, 0.29) is 5.91 Å². The molecule has 0 aliphatic heterocycles. The Hall–Kier alpha value is -3.08. The van der Waals surface area contributed by atoms with Crippen LogP contribution in [0.2, 0.25) is 0 Å². The van der Waals surface area contributed by atoms with Gasteiger partial charge in [0, 0.05) is 12.6 Å². The number of hydrogen-bond donors (Lipinski definition) is 1. The number of benzene rings is 2. The number of carbonyl (C=O) groups excluding carboxylic acids is 1. The Morgan fingerprint density at radius 1 is 1.15 bits per heavy atom. The van der Waals surface area contributed by atoms with Crippen LogP contribution in [0.1, 0.15) is 34.1 Å². The van der Waals surface area contributed by atoms with Crippen molar-refractivity contribution in [3.05, 3.63) is 77.1 Å². The molecule has 134 valence electrons. The van der Waals surface area contributed by atoms with Gasteiger partial charge in [-0.1, -0.05) is 31.2 Å². The molecule has 1 N–H and O–H groups in total. The van der Waals surface area contributed by atoms with Crippen molar-refractivity contribution < 1.29 is 9.53 Å². The van der Waals surface area contributed by atoms with E-state index < -0.39 is 0 Å². The normalized spacial score (nSPS) is 10.6. The summed E-state index contributed by atoms with van der Waals surface area (Å²) in [7, 11) is 1.84. The van der Waals surface area contributed by atoms with Gasteiger partial charge in [0.2, 0.25) is 0 Å². The van der Waals surface area contributed by atoms with Crippen LogP contribution in [0, 0.1) is 6.92 Å². The highest BCUT2D eigenvalue weighted by Crippen LogP contribution is 2.17. The predicted molar refractivity (Wildman–Crippen MR) is 102 cm³/mol. The molecule has 5 nitrogen and oxygen atoms in total. The van der Waals surface area contributed by atoms with E-state index in [0.717, 1.165) is 29.1 Å². The van der Waals surface area contributed by atoms with Crippen molar-refractivity contribution >= 4 is 11.6 Å². The number of anilines is 1. The number of aromatic nitrogens is 2. The highest BCUT2D eigenvalue weighted by atomic mass is 16.5. The number of rotatable bonds is 6. The molecule has 0 bridgehead atoms. The molecule has 0 atom stereocenters. The average Bonchev–Trinajstić information content (AvgIpc) is 2.99. The largest absolute Gasteiger partial charge is 0.489 e. The SMILES string of the molecule is CCc1ccc(OCc2cccc(C(=O)Nc3cnn(C)c3C)c2)cc1. The number of carbonyl (C=O) groups is 1. The van der Waals surface area contributed by atoms with E-state index in [1.165, 1.54) is 5.56 Å². The Morgan fingerprint density at radius 3 is 2.58 bits per heavy atom. The first-order valence-corrected chi connectivity index (χ1v) is 8.67. The summed E-state index contributed by atoms with van der Waals surface area (Å²) in [6.45, 7) is 4.45. The molecule has 5 heteroatoms. The lowest BCUT2D eigenvalue weighted by molar-refractivity contribution is 0.102. The smallest absolute Gasteiger partial charge is 0.255 e. The first kappa shape index (κ1) is 17.7. The number of hydrogen-bond acceptors (Lipinski definition) is 3. The third kappa shape index (κ3) is 4.11. The zero-order valence-electron chi connectivity index (χ0n) is 15.3. The Labute approximate surface area is 153 Å². The summed E-state index contributed by atoms with van der Waals surface area (Å²) in [5.74, 6) is 0.665. The van der Waals surface area contributed by atoms with E-state index in [1.807, 2.05) is 44.3 Å². The van der Waals surface area contributed by atoms with Crippen LogP contribution in [-0.4, -0.2) is 15.7 Å². The topological polar surface area (TPSA) is 56.1 Å². The summed E-state index contributed by atoms with van der Waals surface area (Å²) in [4.78, 5) is 12.5. The Balaban J connectivity index is 1.65. The standard InChI is InChI=1S/C21H23N3O2/c1-4-16-8-10-19(11-9-16)26-14-17-6-5-7-18(12-17)21(25)23-20-13-22-24(3)15(20)2/h5-13H,4,14H2,1-3H3,(H,23,25). The van der Waals surface area contributed by atoms with E-state index >= 15 is 0 Å². The number of amides is 1. The van der Waals surface area contributed by atoms with Gasteiger partial charge in [-0.3, -0.25) is 9.48 Å². The summed E-state index contributed by atoms with van der Waals surface area (Å²) < 4.78 is 7.55. The summed E-state index contributed by atoms with van der Waals surface area (Å²) >= 11 is 0. The maximum Gasteiger partial charge on any atom is 0.255 e. The van der Waals surface area contributed by atoms with E-state index in [4.69, 9.17) is 4.74 Å². The molecule has 0 spiro atoms. The molecule has 0 unspecified atom stereocenters. The lowest BCUT2D eigenvalue weighted by Crippen LogP contribution is -2.13. The molecule has 0 aliphatic carbocycles. The molecule has 0 saturated heterocycles. The molecule has 1 heterocycles. The van der Waals surface area contributed by atoms with Crippen LogP contribution >= 0.6 is 0 Å². The monoisotopic (exact) mass is 349 g/mol. The molecular formula is C21H23N3O2. The fraction of sp³-hybridized carbons (Fsp3) is 0.238. The van der Waals surface area contributed by atoms with E-state index in [2.05, 4.69) is 29.5 Å². The molecular weight excluding hydrogens is 326 g/mol. The summed E-state index contributed by atoms with van der Waals surface area (Å²) in [6.07, 6.45) is 2.66. The van der Waals surface area contributed by atoms with Gasteiger partial charge in [0.15, 0.2) is 0 Å². The van der Waals surface area contributed by atoms with Gasteiger partial charge in [-0.15, -0.1) is 0 Å². The summed E-state index contributed by atoms with van der Waals surface area (Å²) in [6, 6.07) is 15.5. The fourth-order valence-corrected chi connectivity index (χ4v) is 2.61. The minimum atomic E-state index is -0.157. The predicted octanol–water partition coefficient (Wildman–Crippen LogP) is 4.12. The van der Waals surface area contributed by atoms with Gasteiger partial charge in [0.05, 0.1) is 17.6 Å². The van der Waals surface area contributed by atoms with Crippen LogP contribution in [-0.2, 0) is 20.1 Å². The van der Waals surface area contributed by atoms with Crippen LogP contribution in [0.4, 0.5) is 5.69 Å². The maximum atomic E-state index is 12.5. The van der Waals surface area contributed by atoms with Crippen LogP contribution in [0.15, 0.2) is 54.7 Å². The van der Waals surface area contributed by atoms with Crippen molar-refractivity contribution in [3.63, 3.8) is 0 Å². The van der Waals surface area contributed by atoms with Gasteiger partial charge in [-0.2, -0.15) is 5.10 Å². The maximum absolute atomic E-state index is 12.5. The molecule has 2 aromatic carbocycles. The first-order valence-electron chi connectivity index (χ1n) is 8.67. The number of nitrogens with zero attached hydrogens (tertiary/aromatic N) is 2. The van der Waals surface area contributed by atoms with Gasteiger partial charge >= 0.3 is 0 Å². The fourth-order valence-electron chi connectivity index (χ4n) is 2.61. The zero-order chi connectivity index (χ0) is 18.5. The van der Waals surface area contributed by atoms with Gasteiger partial charge in [-0.25, -0.2) is 0 Å². The average molecular weight is 349 g/mol. The molecule has 0 radical (unpaired) electrons. The van der Waals surface area contributed by atoms with Crippen molar-refractivity contribution in [2.24, 2.45) is 7.05 Å². The van der Waals surface area contributed by atoms with Crippen LogP contribution < -0.4 is 10.1 Å². The lowest BCUT2D eigenvalue weighted by atomic mass is 10.1.